The number of aliphatic hydroxyl groups excluding tert-OH is 1. The van der Waals surface area contributed by atoms with Crippen LogP contribution in [-0.2, 0) is 6.42 Å². The molecule has 1 aromatic rings. The largest absolute Gasteiger partial charge is 0.392 e. The molecule has 2 nitrogen and oxygen atoms in total. The Labute approximate surface area is 83.6 Å². The molecular weight excluding hydrogens is 182 g/mol. The van der Waals surface area contributed by atoms with Crippen LogP contribution in [-0.4, -0.2) is 16.2 Å². The van der Waals surface area contributed by atoms with Gasteiger partial charge in [-0.3, -0.25) is 4.98 Å². The van der Waals surface area contributed by atoms with Crippen molar-refractivity contribution < 1.29 is 5.11 Å². The molecule has 0 aliphatic heterocycles. The van der Waals surface area contributed by atoms with Gasteiger partial charge in [-0.2, -0.15) is 0 Å². The van der Waals surface area contributed by atoms with Gasteiger partial charge in [-0.1, -0.05) is 20.8 Å². The fraction of sp³-hybridized carbons (Fsp3) is 0.700. The predicted octanol–water partition coefficient (Wildman–Crippen LogP) is 2.34. The molecule has 0 saturated carbocycles. The number of hydrogen-bond acceptors (Lipinski definition) is 3. The molecule has 2 atom stereocenters. The summed E-state index contributed by atoms with van der Waals surface area (Å²) in [7, 11) is 0. The van der Waals surface area contributed by atoms with E-state index in [1.165, 1.54) is 4.88 Å². The van der Waals surface area contributed by atoms with E-state index in [1.807, 2.05) is 11.7 Å². The van der Waals surface area contributed by atoms with Crippen LogP contribution in [0.2, 0.25) is 0 Å². The first-order valence-electron chi connectivity index (χ1n) is 4.66. The topological polar surface area (TPSA) is 33.1 Å². The molecule has 3 heteroatoms. The molecule has 13 heavy (non-hydrogen) atoms. The Morgan fingerprint density at radius 3 is 2.62 bits per heavy atom. The van der Waals surface area contributed by atoms with E-state index in [-0.39, 0.29) is 6.10 Å². The Balaban J connectivity index is 2.45. The Kier molecular flexibility index (Phi) is 3.88. The first-order chi connectivity index (χ1) is 6.11. The zero-order valence-corrected chi connectivity index (χ0v) is 9.21. The van der Waals surface area contributed by atoms with Crippen LogP contribution < -0.4 is 0 Å². The molecule has 0 amide bonds. The monoisotopic (exact) mass is 199 g/mol. The number of aromatic nitrogens is 1. The highest BCUT2D eigenvalue weighted by Gasteiger charge is 2.18. The molecular formula is C10H17NOS. The highest BCUT2D eigenvalue weighted by atomic mass is 32.1. The first-order valence-corrected chi connectivity index (χ1v) is 5.54. The summed E-state index contributed by atoms with van der Waals surface area (Å²) in [6, 6.07) is 0. The molecule has 1 rings (SSSR count). The van der Waals surface area contributed by atoms with E-state index in [9.17, 15) is 5.11 Å². The molecule has 0 fully saturated rings. The third-order valence-electron chi connectivity index (χ3n) is 2.55. The number of hydrogen-bond donors (Lipinski definition) is 1. The quantitative estimate of drug-likeness (QED) is 0.807. The van der Waals surface area contributed by atoms with Crippen molar-refractivity contribution in [1.82, 2.24) is 4.98 Å². The van der Waals surface area contributed by atoms with Gasteiger partial charge in [-0.15, -0.1) is 11.3 Å². The van der Waals surface area contributed by atoms with Crippen molar-refractivity contribution in [2.24, 2.45) is 11.8 Å². The van der Waals surface area contributed by atoms with Gasteiger partial charge in [0.05, 0.1) is 11.6 Å². The van der Waals surface area contributed by atoms with E-state index in [0.717, 1.165) is 6.42 Å². The van der Waals surface area contributed by atoms with Gasteiger partial charge in [0, 0.05) is 17.5 Å². The normalized spacial score (nSPS) is 16.1. The average molecular weight is 199 g/mol. The number of nitrogens with zero attached hydrogens (tertiary/aromatic N) is 1. The maximum atomic E-state index is 9.84. The predicted molar refractivity (Wildman–Crippen MR) is 55.8 cm³/mol. The molecule has 0 aliphatic rings. The lowest BCUT2D eigenvalue weighted by atomic mass is 9.90. The summed E-state index contributed by atoms with van der Waals surface area (Å²) in [4.78, 5) is 5.15. The molecule has 0 saturated heterocycles. The van der Waals surface area contributed by atoms with Crippen molar-refractivity contribution in [3.8, 4) is 0 Å². The van der Waals surface area contributed by atoms with Crippen LogP contribution in [0.1, 0.15) is 25.6 Å². The maximum absolute atomic E-state index is 9.84. The fourth-order valence-corrected chi connectivity index (χ4v) is 1.83. The van der Waals surface area contributed by atoms with Gasteiger partial charge in [0.15, 0.2) is 0 Å². The number of aliphatic hydroxyl groups is 1. The number of thiazole rings is 1. The van der Waals surface area contributed by atoms with Crippen LogP contribution in [0.3, 0.4) is 0 Å². The molecule has 1 N–H and O–H groups in total. The smallest absolute Gasteiger partial charge is 0.0794 e. The van der Waals surface area contributed by atoms with Gasteiger partial charge in [0.2, 0.25) is 0 Å². The lowest BCUT2D eigenvalue weighted by Crippen LogP contribution is -2.24. The second-order valence-corrected chi connectivity index (χ2v) is 4.81. The van der Waals surface area contributed by atoms with Crippen molar-refractivity contribution in [2.75, 3.05) is 0 Å². The third kappa shape index (κ3) is 3.08. The molecule has 2 unspecified atom stereocenters. The Hall–Kier alpha value is -0.410. The standard InChI is InChI=1S/C10H17NOS/c1-7(2)8(3)10(12)4-9-5-11-6-13-9/h5-8,10,12H,4H2,1-3H3. The van der Waals surface area contributed by atoms with Crippen molar-refractivity contribution >= 4 is 11.3 Å². The minimum atomic E-state index is -0.236. The van der Waals surface area contributed by atoms with Crippen LogP contribution in [0.4, 0.5) is 0 Å². The lowest BCUT2D eigenvalue weighted by molar-refractivity contribution is 0.0928. The summed E-state index contributed by atoms with van der Waals surface area (Å²) in [5.74, 6) is 0.880. The zero-order chi connectivity index (χ0) is 9.84. The fourth-order valence-electron chi connectivity index (χ4n) is 1.18. The van der Waals surface area contributed by atoms with E-state index < -0.39 is 0 Å². The first kappa shape index (κ1) is 10.7. The van der Waals surface area contributed by atoms with Gasteiger partial charge in [-0.05, 0) is 11.8 Å². The summed E-state index contributed by atoms with van der Waals surface area (Å²) in [6.07, 6.45) is 2.34. The summed E-state index contributed by atoms with van der Waals surface area (Å²) in [5.41, 5.74) is 1.81. The van der Waals surface area contributed by atoms with E-state index in [0.29, 0.717) is 11.8 Å². The lowest BCUT2D eigenvalue weighted by Gasteiger charge is -2.21. The van der Waals surface area contributed by atoms with Crippen LogP contribution in [0.15, 0.2) is 11.7 Å². The molecule has 0 aromatic carbocycles. The van der Waals surface area contributed by atoms with E-state index in [2.05, 4.69) is 25.8 Å². The Bertz CT molecular complexity index is 233. The van der Waals surface area contributed by atoms with Crippen molar-refractivity contribution in [1.29, 1.82) is 0 Å². The van der Waals surface area contributed by atoms with Crippen LogP contribution in [0.5, 0.6) is 0 Å². The van der Waals surface area contributed by atoms with Crippen molar-refractivity contribution in [2.45, 2.75) is 33.3 Å². The van der Waals surface area contributed by atoms with Gasteiger partial charge < -0.3 is 5.11 Å². The maximum Gasteiger partial charge on any atom is 0.0794 e. The second-order valence-electron chi connectivity index (χ2n) is 3.84. The molecule has 1 heterocycles. The van der Waals surface area contributed by atoms with E-state index in [1.54, 1.807) is 11.3 Å². The average Bonchev–Trinajstić information content (AvgIpc) is 2.55. The highest BCUT2D eigenvalue weighted by molar-refractivity contribution is 7.09. The summed E-state index contributed by atoms with van der Waals surface area (Å²) in [6.45, 7) is 6.37. The minimum Gasteiger partial charge on any atom is -0.392 e. The summed E-state index contributed by atoms with van der Waals surface area (Å²) in [5, 5.41) is 9.84. The molecule has 0 bridgehead atoms. The summed E-state index contributed by atoms with van der Waals surface area (Å²) < 4.78 is 0. The van der Waals surface area contributed by atoms with Crippen molar-refractivity contribution in [3.05, 3.63) is 16.6 Å². The van der Waals surface area contributed by atoms with Crippen molar-refractivity contribution in [3.63, 3.8) is 0 Å². The van der Waals surface area contributed by atoms with E-state index in [4.69, 9.17) is 0 Å². The van der Waals surface area contributed by atoms with E-state index >= 15 is 0 Å². The highest BCUT2D eigenvalue weighted by Crippen LogP contribution is 2.19. The Morgan fingerprint density at radius 2 is 2.15 bits per heavy atom. The Morgan fingerprint density at radius 1 is 1.46 bits per heavy atom. The molecule has 0 aliphatic carbocycles. The minimum absolute atomic E-state index is 0.236. The van der Waals surface area contributed by atoms with Gasteiger partial charge in [0.25, 0.3) is 0 Å². The SMILES string of the molecule is CC(C)C(C)C(O)Cc1cncs1. The van der Waals surface area contributed by atoms with Crippen LogP contribution >= 0.6 is 11.3 Å². The third-order valence-corrected chi connectivity index (χ3v) is 3.35. The van der Waals surface area contributed by atoms with Gasteiger partial charge >= 0.3 is 0 Å². The zero-order valence-electron chi connectivity index (χ0n) is 8.40. The van der Waals surface area contributed by atoms with Crippen LogP contribution in [0.25, 0.3) is 0 Å². The number of rotatable bonds is 4. The molecule has 0 radical (unpaired) electrons. The molecule has 74 valence electrons. The summed E-state index contributed by atoms with van der Waals surface area (Å²) >= 11 is 1.61. The molecule has 1 aromatic heterocycles. The van der Waals surface area contributed by atoms with Gasteiger partial charge in [-0.25, -0.2) is 0 Å². The van der Waals surface area contributed by atoms with Gasteiger partial charge in [0.1, 0.15) is 0 Å². The van der Waals surface area contributed by atoms with Crippen LogP contribution in [0, 0.1) is 11.8 Å². The molecule has 0 spiro atoms. The second kappa shape index (κ2) is 4.72.